The van der Waals surface area contributed by atoms with Gasteiger partial charge in [0, 0.05) is 26.0 Å². The van der Waals surface area contributed by atoms with Crippen LogP contribution < -0.4 is 5.32 Å². The van der Waals surface area contributed by atoms with Crippen molar-refractivity contribution in [2.45, 2.75) is 26.4 Å². The first-order chi connectivity index (χ1) is 11.5. The van der Waals surface area contributed by atoms with Crippen LogP contribution in [0.25, 0.3) is 0 Å². The second kappa shape index (κ2) is 8.28. The Kier molecular flexibility index (Phi) is 6.34. The van der Waals surface area contributed by atoms with Crippen molar-refractivity contribution in [2.24, 2.45) is 7.05 Å². The van der Waals surface area contributed by atoms with E-state index in [0.717, 1.165) is 11.4 Å². The van der Waals surface area contributed by atoms with E-state index in [4.69, 9.17) is 0 Å². The summed E-state index contributed by atoms with van der Waals surface area (Å²) in [6.45, 7) is 4.90. The monoisotopic (exact) mass is 359 g/mol. The molecule has 0 amide bonds. The highest BCUT2D eigenvalue weighted by atomic mass is 35.5. The first kappa shape index (κ1) is 19.2. The second-order valence-corrected chi connectivity index (χ2v) is 6.20. The molecule has 0 radical (unpaired) electrons. The van der Waals surface area contributed by atoms with Crippen LogP contribution in [0.15, 0.2) is 54.9 Å². The van der Waals surface area contributed by atoms with Gasteiger partial charge in [-0.1, -0.05) is 35.9 Å². The summed E-state index contributed by atoms with van der Waals surface area (Å²) in [7, 11) is 1.95. The highest BCUT2D eigenvalue weighted by molar-refractivity contribution is 5.85. The largest absolute Gasteiger partial charge is 0.336 e. The third kappa shape index (κ3) is 4.47. The molecule has 0 saturated heterocycles. The zero-order valence-corrected chi connectivity index (χ0v) is 15.5. The van der Waals surface area contributed by atoms with Crippen LogP contribution in [0.4, 0.5) is 4.39 Å². The third-order valence-electron chi connectivity index (χ3n) is 4.29. The van der Waals surface area contributed by atoms with Crippen molar-refractivity contribution in [1.29, 1.82) is 0 Å². The number of hydrogen-bond donors (Lipinski definition) is 1. The quantitative estimate of drug-likeness (QED) is 0.728. The predicted molar refractivity (Wildman–Crippen MR) is 101 cm³/mol. The van der Waals surface area contributed by atoms with Crippen LogP contribution in [0.5, 0.6) is 0 Å². The van der Waals surface area contributed by atoms with Crippen LogP contribution in [-0.4, -0.2) is 9.55 Å². The van der Waals surface area contributed by atoms with Crippen molar-refractivity contribution in [3.63, 3.8) is 0 Å². The Morgan fingerprint density at radius 1 is 1.16 bits per heavy atom. The topological polar surface area (TPSA) is 29.9 Å². The lowest BCUT2D eigenvalue weighted by atomic mass is 10.0. The van der Waals surface area contributed by atoms with Gasteiger partial charge in [0.1, 0.15) is 11.6 Å². The van der Waals surface area contributed by atoms with Gasteiger partial charge in [-0.25, -0.2) is 9.37 Å². The van der Waals surface area contributed by atoms with E-state index in [9.17, 15) is 4.39 Å². The lowest BCUT2D eigenvalue weighted by Crippen LogP contribution is -2.25. The molecule has 1 N–H and O–H groups in total. The second-order valence-electron chi connectivity index (χ2n) is 6.20. The molecule has 0 aliphatic carbocycles. The van der Waals surface area contributed by atoms with Crippen molar-refractivity contribution in [1.82, 2.24) is 14.9 Å². The number of aromatic nitrogens is 2. The SMILES string of the molecule is Cc1ccc(CNC(c2cccc(F)c2)c2nccn2C)c(C)c1.Cl. The molecule has 5 heteroatoms. The summed E-state index contributed by atoms with van der Waals surface area (Å²) >= 11 is 0. The van der Waals surface area contributed by atoms with Crippen LogP contribution in [0, 0.1) is 19.7 Å². The maximum Gasteiger partial charge on any atom is 0.130 e. The molecule has 0 aliphatic rings. The summed E-state index contributed by atoms with van der Waals surface area (Å²) < 4.78 is 15.6. The van der Waals surface area contributed by atoms with Crippen molar-refractivity contribution >= 4 is 12.4 Å². The maximum absolute atomic E-state index is 13.7. The van der Waals surface area contributed by atoms with Gasteiger partial charge in [-0.3, -0.25) is 5.32 Å². The Balaban J connectivity index is 0.00000225. The van der Waals surface area contributed by atoms with Gasteiger partial charge in [0.25, 0.3) is 0 Å². The number of hydrogen-bond acceptors (Lipinski definition) is 2. The molecule has 0 bridgehead atoms. The van der Waals surface area contributed by atoms with E-state index in [0.29, 0.717) is 6.54 Å². The Morgan fingerprint density at radius 2 is 1.96 bits per heavy atom. The first-order valence-corrected chi connectivity index (χ1v) is 8.07. The minimum absolute atomic E-state index is 0. The fourth-order valence-electron chi connectivity index (χ4n) is 2.96. The number of aryl methyl sites for hydroxylation is 3. The lowest BCUT2D eigenvalue weighted by Gasteiger charge is -2.20. The number of nitrogens with one attached hydrogen (secondary N) is 1. The molecule has 3 nitrogen and oxygen atoms in total. The van der Waals surface area contributed by atoms with E-state index in [2.05, 4.69) is 42.3 Å². The average Bonchev–Trinajstić information content (AvgIpc) is 2.96. The van der Waals surface area contributed by atoms with Crippen LogP contribution >= 0.6 is 12.4 Å². The fraction of sp³-hybridized carbons (Fsp3) is 0.250. The number of benzene rings is 2. The van der Waals surface area contributed by atoms with Gasteiger partial charge < -0.3 is 4.57 Å². The van der Waals surface area contributed by atoms with E-state index in [1.165, 1.54) is 22.8 Å². The van der Waals surface area contributed by atoms with E-state index >= 15 is 0 Å². The summed E-state index contributed by atoms with van der Waals surface area (Å²) in [5.41, 5.74) is 4.60. The Labute approximate surface area is 154 Å². The smallest absolute Gasteiger partial charge is 0.130 e. The Bertz CT molecular complexity index is 844. The zero-order valence-electron chi connectivity index (χ0n) is 14.7. The lowest BCUT2D eigenvalue weighted by molar-refractivity contribution is 0.550. The molecule has 0 saturated carbocycles. The Morgan fingerprint density at radius 3 is 2.60 bits per heavy atom. The van der Waals surface area contributed by atoms with Gasteiger partial charge in [0.2, 0.25) is 0 Å². The molecule has 1 aromatic heterocycles. The van der Waals surface area contributed by atoms with E-state index < -0.39 is 0 Å². The van der Waals surface area contributed by atoms with Crippen LogP contribution in [-0.2, 0) is 13.6 Å². The molecule has 0 aliphatic heterocycles. The van der Waals surface area contributed by atoms with E-state index in [-0.39, 0.29) is 24.3 Å². The normalized spacial score (nSPS) is 11.8. The van der Waals surface area contributed by atoms with E-state index in [1.54, 1.807) is 18.3 Å². The molecular weight excluding hydrogens is 337 g/mol. The molecule has 1 heterocycles. The minimum atomic E-state index is -0.236. The van der Waals surface area contributed by atoms with Gasteiger partial charge in [0.15, 0.2) is 0 Å². The molecule has 2 aromatic carbocycles. The van der Waals surface area contributed by atoms with E-state index in [1.807, 2.05) is 23.9 Å². The molecule has 25 heavy (non-hydrogen) atoms. The number of nitrogens with zero attached hydrogens (tertiary/aromatic N) is 2. The fourth-order valence-corrected chi connectivity index (χ4v) is 2.96. The molecular formula is C20H23ClFN3. The molecule has 0 spiro atoms. The van der Waals surface area contributed by atoms with Gasteiger partial charge in [-0.15, -0.1) is 12.4 Å². The highest BCUT2D eigenvalue weighted by Crippen LogP contribution is 2.22. The molecule has 1 unspecified atom stereocenters. The molecule has 3 aromatic rings. The molecule has 3 rings (SSSR count). The minimum Gasteiger partial charge on any atom is -0.336 e. The summed E-state index contributed by atoms with van der Waals surface area (Å²) in [6.07, 6.45) is 3.67. The molecule has 132 valence electrons. The van der Waals surface area contributed by atoms with Crippen molar-refractivity contribution < 1.29 is 4.39 Å². The first-order valence-electron chi connectivity index (χ1n) is 8.07. The average molecular weight is 360 g/mol. The number of halogens is 2. The molecule has 1 atom stereocenters. The number of rotatable bonds is 5. The van der Waals surface area contributed by atoms with Gasteiger partial charge in [0.05, 0.1) is 6.04 Å². The van der Waals surface area contributed by atoms with Crippen LogP contribution in [0.1, 0.15) is 34.1 Å². The van der Waals surface area contributed by atoms with Gasteiger partial charge in [-0.05, 0) is 42.7 Å². The summed E-state index contributed by atoms with van der Waals surface area (Å²) in [5, 5.41) is 3.53. The number of imidazole rings is 1. The predicted octanol–water partition coefficient (Wildman–Crippen LogP) is 4.48. The highest BCUT2D eigenvalue weighted by Gasteiger charge is 2.18. The van der Waals surface area contributed by atoms with Crippen molar-refractivity contribution in [2.75, 3.05) is 0 Å². The summed E-state index contributed by atoms with van der Waals surface area (Å²) in [4.78, 5) is 4.45. The zero-order chi connectivity index (χ0) is 17.1. The van der Waals surface area contributed by atoms with Gasteiger partial charge in [-0.2, -0.15) is 0 Å². The summed E-state index contributed by atoms with van der Waals surface area (Å²) in [6, 6.07) is 12.9. The maximum atomic E-state index is 13.7. The third-order valence-corrected chi connectivity index (χ3v) is 4.29. The standard InChI is InChI=1S/C20H22FN3.ClH/c1-14-7-8-17(15(2)11-14)13-23-19(20-22-9-10-24(20)3)16-5-4-6-18(21)12-16;/h4-12,19,23H,13H2,1-3H3;1H. The summed E-state index contributed by atoms with van der Waals surface area (Å²) in [5.74, 6) is 0.630. The van der Waals surface area contributed by atoms with Crippen molar-refractivity contribution in [3.05, 3.63) is 88.8 Å². The van der Waals surface area contributed by atoms with Crippen LogP contribution in [0.3, 0.4) is 0 Å². The Hall–Kier alpha value is -2.17. The van der Waals surface area contributed by atoms with Crippen molar-refractivity contribution in [3.8, 4) is 0 Å². The van der Waals surface area contributed by atoms with Crippen LogP contribution in [0.2, 0.25) is 0 Å². The molecule has 0 fully saturated rings. The van der Waals surface area contributed by atoms with Gasteiger partial charge >= 0.3 is 0 Å².